The lowest BCUT2D eigenvalue weighted by Crippen LogP contribution is -2.42. The maximum absolute atomic E-state index is 12.6. The highest BCUT2D eigenvalue weighted by atomic mass is 32.1. The molecule has 7 nitrogen and oxygen atoms in total. The first-order valence-corrected chi connectivity index (χ1v) is 12.0. The summed E-state index contributed by atoms with van der Waals surface area (Å²) in [6.07, 6.45) is 5.85. The molecule has 0 unspecified atom stereocenters. The Morgan fingerprint density at radius 2 is 2.09 bits per heavy atom. The van der Waals surface area contributed by atoms with Crippen molar-refractivity contribution in [1.29, 1.82) is 0 Å². The number of carbonyl (C=O) groups is 2. The molecule has 3 aromatic rings. The zero-order valence-electron chi connectivity index (χ0n) is 18.9. The molecule has 0 N–H and O–H groups in total. The number of thiazole rings is 1. The molecule has 172 valence electrons. The molecule has 1 aliphatic rings. The first kappa shape index (κ1) is 22.9. The number of fused-ring (bicyclic) bond motifs is 1. The Balaban J connectivity index is 1.54. The number of hydrogen-bond donors (Lipinski definition) is 0. The fourth-order valence-electron chi connectivity index (χ4n) is 3.68. The molecule has 1 amide bonds. The molecule has 0 bridgehead atoms. The molecule has 2 aromatic heterocycles. The zero-order valence-corrected chi connectivity index (χ0v) is 19.7. The van der Waals surface area contributed by atoms with Crippen molar-refractivity contribution in [3.8, 4) is 27.7 Å². The van der Waals surface area contributed by atoms with Gasteiger partial charge in [-0.3, -0.25) is 19.5 Å². The number of amides is 1. The van der Waals surface area contributed by atoms with Gasteiger partial charge in [-0.05, 0) is 43.7 Å². The van der Waals surface area contributed by atoms with Gasteiger partial charge in [0.15, 0.2) is 6.61 Å². The molecule has 0 atom stereocenters. The van der Waals surface area contributed by atoms with E-state index in [4.69, 9.17) is 14.5 Å². The molecule has 0 radical (unpaired) electrons. The smallest absolute Gasteiger partial charge is 0.326 e. The van der Waals surface area contributed by atoms with Crippen LogP contribution < -0.4 is 9.64 Å². The predicted octanol–water partition coefficient (Wildman–Crippen LogP) is 5.03. The average Bonchev–Trinajstić information content (AvgIpc) is 3.22. The summed E-state index contributed by atoms with van der Waals surface area (Å²) >= 11 is 1.57. The maximum Gasteiger partial charge on any atom is 0.326 e. The molecule has 4 rings (SSSR count). The minimum atomic E-state index is -0.416. The summed E-state index contributed by atoms with van der Waals surface area (Å²) in [7, 11) is 0. The van der Waals surface area contributed by atoms with Crippen LogP contribution in [0, 0.1) is 6.92 Å². The molecular weight excluding hydrogens is 438 g/mol. The third-order valence-electron chi connectivity index (χ3n) is 5.40. The lowest BCUT2D eigenvalue weighted by atomic mass is 10.1. The minimum Gasteiger partial charge on any atom is -0.482 e. The topological polar surface area (TPSA) is 81.6 Å². The normalized spacial score (nSPS) is 12.9. The summed E-state index contributed by atoms with van der Waals surface area (Å²) in [5.41, 5.74) is 3.04. The fraction of sp³-hybridized carbons (Fsp3) is 0.360. The third-order valence-corrected chi connectivity index (χ3v) is 6.40. The Labute approximate surface area is 197 Å². The monoisotopic (exact) mass is 465 g/mol. The van der Waals surface area contributed by atoms with Crippen LogP contribution in [0.3, 0.4) is 0 Å². The van der Waals surface area contributed by atoms with E-state index in [0.717, 1.165) is 52.5 Å². The lowest BCUT2D eigenvalue weighted by molar-refractivity contribution is -0.143. The van der Waals surface area contributed by atoms with Gasteiger partial charge in [-0.15, -0.1) is 11.3 Å². The van der Waals surface area contributed by atoms with Gasteiger partial charge < -0.3 is 9.47 Å². The highest BCUT2D eigenvalue weighted by Crippen LogP contribution is 2.38. The number of carbonyl (C=O) groups excluding carboxylic acids is 2. The van der Waals surface area contributed by atoms with Crippen LogP contribution in [0.4, 0.5) is 5.69 Å². The molecule has 0 spiro atoms. The number of aromatic nitrogens is 2. The zero-order chi connectivity index (χ0) is 23.2. The second-order valence-electron chi connectivity index (χ2n) is 7.87. The molecule has 0 saturated heterocycles. The number of anilines is 1. The van der Waals surface area contributed by atoms with E-state index in [-0.39, 0.29) is 19.1 Å². The predicted molar refractivity (Wildman–Crippen MR) is 128 cm³/mol. The number of esters is 1. The van der Waals surface area contributed by atoms with E-state index in [1.54, 1.807) is 17.5 Å². The average molecular weight is 466 g/mol. The van der Waals surface area contributed by atoms with Gasteiger partial charge in [0, 0.05) is 16.6 Å². The summed E-state index contributed by atoms with van der Waals surface area (Å²) in [5, 5.41) is 0.830. The first-order chi connectivity index (χ1) is 16.1. The number of nitrogens with zero attached hydrogens (tertiary/aromatic N) is 3. The highest BCUT2D eigenvalue weighted by molar-refractivity contribution is 7.15. The third kappa shape index (κ3) is 5.39. The highest BCUT2D eigenvalue weighted by Gasteiger charge is 2.29. The van der Waals surface area contributed by atoms with E-state index < -0.39 is 5.97 Å². The second-order valence-corrected chi connectivity index (χ2v) is 9.07. The van der Waals surface area contributed by atoms with Gasteiger partial charge in [-0.25, -0.2) is 4.98 Å². The van der Waals surface area contributed by atoms with Gasteiger partial charge in [0.2, 0.25) is 0 Å². The van der Waals surface area contributed by atoms with Crippen LogP contribution in [0.1, 0.15) is 37.5 Å². The van der Waals surface area contributed by atoms with Crippen LogP contribution in [-0.2, 0) is 14.3 Å². The minimum absolute atomic E-state index is 0.102. The molecule has 0 aliphatic carbocycles. The largest absolute Gasteiger partial charge is 0.482 e. The molecule has 33 heavy (non-hydrogen) atoms. The molecule has 0 saturated carbocycles. The van der Waals surface area contributed by atoms with Gasteiger partial charge in [0.1, 0.15) is 17.3 Å². The van der Waals surface area contributed by atoms with Crippen LogP contribution in [0.2, 0.25) is 0 Å². The number of benzene rings is 1. The van der Waals surface area contributed by atoms with Crippen molar-refractivity contribution in [3.63, 3.8) is 0 Å². The molecule has 1 aromatic carbocycles. The van der Waals surface area contributed by atoms with Crippen LogP contribution in [-0.4, -0.2) is 41.6 Å². The van der Waals surface area contributed by atoms with E-state index in [9.17, 15) is 9.59 Å². The van der Waals surface area contributed by atoms with Crippen LogP contribution in [0.15, 0.2) is 42.6 Å². The molecule has 8 heteroatoms. The van der Waals surface area contributed by atoms with Crippen molar-refractivity contribution >= 4 is 28.9 Å². The molecule has 1 aliphatic heterocycles. The van der Waals surface area contributed by atoms with Crippen molar-refractivity contribution in [2.45, 2.75) is 39.5 Å². The number of pyridine rings is 1. The van der Waals surface area contributed by atoms with Crippen LogP contribution in [0.5, 0.6) is 5.75 Å². The molecule has 0 fully saturated rings. The molecule has 3 heterocycles. The van der Waals surface area contributed by atoms with Crippen LogP contribution >= 0.6 is 11.3 Å². The van der Waals surface area contributed by atoms with Gasteiger partial charge in [0.25, 0.3) is 5.91 Å². The Hall–Kier alpha value is -3.26. The van der Waals surface area contributed by atoms with Crippen molar-refractivity contribution < 1.29 is 19.1 Å². The quantitative estimate of drug-likeness (QED) is 0.326. The van der Waals surface area contributed by atoms with E-state index in [0.29, 0.717) is 18.0 Å². The van der Waals surface area contributed by atoms with Crippen molar-refractivity contribution in [2.24, 2.45) is 0 Å². The Bertz CT molecular complexity index is 1130. The van der Waals surface area contributed by atoms with E-state index in [1.165, 1.54) is 4.90 Å². The van der Waals surface area contributed by atoms with Gasteiger partial charge in [0.05, 0.1) is 23.7 Å². The SMILES string of the molecule is CCCCCCOC(=O)CN1C(=O)COc2ccc(-c3nc(-c4ccccn4)sc3C)cc21. The standard InChI is InChI=1S/C25H27N3O4S/c1-3-4-5-8-13-31-23(30)15-28-20-14-18(10-11-21(20)32-16-22(28)29)24-17(2)33-25(27-24)19-9-6-7-12-26-19/h6-7,9-12,14H,3-5,8,13,15-16H2,1-2H3. The Kier molecular flexibility index (Phi) is 7.34. The lowest BCUT2D eigenvalue weighted by Gasteiger charge is -2.29. The number of aryl methyl sites for hydroxylation is 1. The maximum atomic E-state index is 12.6. The summed E-state index contributed by atoms with van der Waals surface area (Å²) in [5.74, 6) is -0.126. The van der Waals surface area contributed by atoms with Crippen LogP contribution in [0.25, 0.3) is 22.0 Å². The van der Waals surface area contributed by atoms with E-state index >= 15 is 0 Å². The summed E-state index contributed by atoms with van der Waals surface area (Å²) in [4.78, 5) is 36.6. The number of ether oxygens (including phenoxy) is 2. The Morgan fingerprint density at radius 1 is 1.21 bits per heavy atom. The van der Waals surface area contributed by atoms with Crippen molar-refractivity contribution in [3.05, 3.63) is 47.5 Å². The van der Waals surface area contributed by atoms with E-state index in [2.05, 4.69) is 11.9 Å². The van der Waals surface area contributed by atoms with Gasteiger partial charge in [-0.2, -0.15) is 0 Å². The molecular formula is C25H27N3O4S. The number of rotatable bonds is 9. The summed E-state index contributed by atoms with van der Waals surface area (Å²) in [6, 6.07) is 11.3. The van der Waals surface area contributed by atoms with Crippen molar-refractivity contribution in [1.82, 2.24) is 9.97 Å². The fourth-order valence-corrected chi connectivity index (χ4v) is 4.59. The van der Waals surface area contributed by atoms with E-state index in [1.807, 2.05) is 43.3 Å². The van der Waals surface area contributed by atoms with Gasteiger partial charge >= 0.3 is 5.97 Å². The van der Waals surface area contributed by atoms with Crippen molar-refractivity contribution in [2.75, 3.05) is 24.7 Å². The number of hydrogen-bond acceptors (Lipinski definition) is 7. The first-order valence-electron chi connectivity index (χ1n) is 11.2. The second kappa shape index (κ2) is 10.6. The number of unbranched alkanes of at least 4 members (excludes halogenated alkanes) is 3. The van der Waals surface area contributed by atoms with Gasteiger partial charge in [-0.1, -0.05) is 32.3 Å². The summed E-state index contributed by atoms with van der Waals surface area (Å²) in [6.45, 7) is 4.28. The Morgan fingerprint density at radius 3 is 2.88 bits per heavy atom. The summed E-state index contributed by atoms with van der Waals surface area (Å²) < 4.78 is 10.9.